The van der Waals surface area contributed by atoms with E-state index in [1.54, 1.807) is 9.80 Å². The molecular formula is C22H21BrF2N2O3. The Morgan fingerprint density at radius 3 is 2.53 bits per heavy atom. The Labute approximate surface area is 181 Å². The van der Waals surface area contributed by atoms with Crippen LogP contribution in [0, 0.1) is 17.6 Å². The minimum Gasteiger partial charge on any atom is -0.487 e. The van der Waals surface area contributed by atoms with Crippen LogP contribution in [0.4, 0.5) is 14.5 Å². The minimum absolute atomic E-state index is 0.0200. The first-order valence-electron chi connectivity index (χ1n) is 9.88. The van der Waals surface area contributed by atoms with E-state index < -0.39 is 11.6 Å². The van der Waals surface area contributed by atoms with Crippen molar-refractivity contribution >= 4 is 33.4 Å². The van der Waals surface area contributed by atoms with E-state index in [1.807, 2.05) is 24.3 Å². The predicted molar refractivity (Wildman–Crippen MR) is 111 cm³/mol. The summed E-state index contributed by atoms with van der Waals surface area (Å²) >= 11 is 3.46. The van der Waals surface area contributed by atoms with Crippen LogP contribution in [0.25, 0.3) is 0 Å². The molecule has 5 nitrogen and oxygen atoms in total. The Morgan fingerprint density at radius 1 is 1.10 bits per heavy atom. The van der Waals surface area contributed by atoms with E-state index in [9.17, 15) is 18.4 Å². The Bertz CT molecular complexity index is 963. The highest BCUT2D eigenvalue weighted by atomic mass is 79.9. The number of hydrogen-bond donors (Lipinski definition) is 0. The molecule has 0 aliphatic carbocycles. The maximum Gasteiger partial charge on any atom is 0.228 e. The fourth-order valence-electron chi connectivity index (χ4n) is 3.98. The quantitative estimate of drug-likeness (QED) is 0.663. The van der Waals surface area contributed by atoms with Crippen molar-refractivity contribution in [3.8, 4) is 5.75 Å². The molecule has 1 unspecified atom stereocenters. The topological polar surface area (TPSA) is 49.9 Å². The summed E-state index contributed by atoms with van der Waals surface area (Å²) in [4.78, 5) is 28.8. The second-order valence-corrected chi connectivity index (χ2v) is 8.43. The van der Waals surface area contributed by atoms with Crippen molar-refractivity contribution in [2.45, 2.75) is 25.4 Å². The van der Waals surface area contributed by atoms with Crippen LogP contribution >= 0.6 is 15.9 Å². The molecule has 2 aromatic rings. The SMILES string of the molecule is O=C(C1CC(=O)N(c2ccccc2Br)C1)N1CCC(Oc2ccc(F)cc2F)CC1. The van der Waals surface area contributed by atoms with Crippen LogP contribution in [0.3, 0.4) is 0 Å². The first-order valence-corrected chi connectivity index (χ1v) is 10.7. The number of carbonyl (C=O) groups excluding carboxylic acids is 2. The number of amides is 2. The van der Waals surface area contributed by atoms with Gasteiger partial charge in [0.15, 0.2) is 11.6 Å². The smallest absolute Gasteiger partial charge is 0.228 e. The molecule has 8 heteroatoms. The van der Waals surface area contributed by atoms with Gasteiger partial charge in [-0.3, -0.25) is 9.59 Å². The fraction of sp³-hybridized carbons (Fsp3) is 0.364. The average molecular weight is 479 g/mol. The number of piperidine rings is 1. The third-order valence-corrected chi connectivity index (χ3v) is 6.23. The van der Waals surface area contributed by atoms with Gasteiger partial charge in [-0.2, -0.15) is 0 Å². The number of para-hydroxylation sites is 1. The Kier molecular flexibility index (Phi) is 6.04. The number of carbonyl (C=O) groups is 2. The van der Waals surface area contributed by atoms with Gasteiger partial charge >= 0.3 is 0 Å². The molecule has 1 atom stereocenters. The molecule has 0 spiro atoms. The molecule has 0 aromatic heterocycles. The molecule has 0 N–H and O–H groups in total. The van der Waals surface area contributed by atoms with Crippen molar-refractivity contribution in [2.24, 2.45) is 5.92 Å². The summed E-state index contributed by atoms with van der Waals surface area (Å²) in [7, 11) is 0. The van der Waals surface area contributed by atoms with E-state index in [0.717, 1.165) is 22.3 Å². The van der Waals surface area contributed by atoms with Crippen LogP contribution in [0.1, 0.15) is 19.3 Å². The van der Waals surface area contributed by atoms with Gasteiger partial charge in [0.1, 0.15) is 11.9 Å². The van der Waals surface area contributed by atoms with Crippen LogP contribution in [0.2, 0.25) is 0 Å². The van der Waals surface area contributed by atoms with Gasteiger partial charge in [-0.25, -0.2) is 8.78 Å². The number of rotatable bonds is 4. The van der Waals surface area contributed by atoms with Gasteiger partial charge in [0.05, 0.1) is 11.6 Å². The number of nitrogens with zero attached hydrogens (tertiary/aromatic N) is 2. The maximum absolute atomic E-state index is 13.8. The van der Waals surface area contributed by atoms with Gasteiger partial charge in [-0.15, -0.1) is 0 Å². The molecule has 30 heavy (non-hydrogen) atoms. The highest BCUT2D eigenvalue weighted by Gasteiger charge is 2.38. The zero-order chi connectivity index (χ0) is 21.3. The summed E-state index contributed by atoms with van der Waals surface area (Å²) in [6.07, 6.45) is 1.06. The van der Waals surface area contributed by atoms with Crippen LogP contribution in [0.5, 0.6) is 5.75 Å². The molecule has 0 bridgehead atoms. The second kappa shape index (κ2) is 8.71. The standard InChI is InChI=1S/C22H21BrF2N2O3/c23-17-3-1-2-4-19(17)27-13-14(11-21(27)28)22(29)26-9-7-16(8-10-26)30-20-6-5-15(24)12-18(20)25/h1-6,12,14,16H,7-11,13H2. The van der Waals surface area contributed by atoms with E-state index in [4.69, 9.17) is 4.74 Å². The highest BCUT2D eigenvalue weighted by Crippen LogP contribution is 2.32. The van der Waals surface area contributed by atoms with E-state index >= 15 is 0 Å². The molecule has 2 amide bonds. The summed E-state index contributed by atoms with van der Waals surface area (Å²) in [5.41, 5.74) is 0.770. The van der Waals surface area contributed by atoms with E-state index in [2.05, 4.69) is 15.9 Å². The summed E-state index contributed by atoms with van der Waals surface area (Å²) in [5, 5.41) is 0. The molecule has 2 aliphatic rings. The maximum atomic E-state index is 13.8. The zero-order valence-electron chi connectivity index (χ0n) is 16.2. The molecule has 4 rings (SSSR count). The molecular weight excluding hydrogens is 458 g/mol. The van der Waals surface area contributed by atoms with Crippen molar-refractivity contribution < 1.29 is 23.1 Å². The lowest BCUT2D eigenvalue weighted by Gasteiger charge is -2.33. The van der Waals surface area contributed by atoms with Gasteiger partial charge in [0.25, 0.3) is 0 Å². The first kappa shape index (κ1) is 20.8. The lowest BCUT2D eigenvalue weighted by molar-refractivity contribution is -0.137. The van der Waals surface area contributed by atoms with Gasteiger partial charge in [-0.05, 0) is 40.2 Å². The lowest BCUT2D eigenvalue weighted by atomic mass is 10.0. The number of anilines is 1. The van der Waals surface area contributed by atoms with Gasteiger partial charge in [0, 0.05) is 49.4 Å². The number of benzene rings is 2. The van der Waals surface area contributed by atoms with Gasteiger partial charge < -0.3 is 14.5 Å². The normalized spacial score (nSPS) is 20.0. The van der Waals surface area contributed by atoms with Crippen molar-refractivity contribution in [2.75, 3.05) is 24.5 Å². The molecule has 2 saturated heterocycles. The van der Waals surface area contributed by atoms with E-state index in [1.165, 1.54) is 6.07 Å². The Hall–Kier alpha value is -2.48. The summed E-state index contributed by atoms with van der Waals surface area (Å²) < 4.78 is 33.3. The molecule has 2 aliphatic heterocycles. The minimum atomic E-state index is -0.731. The third-order valence-electron chi connectivity index (χ3n) is 5.56. The van der Waals surface area contributed by atoms with Crippen LogP contribution < -0.4 is 9.64 Å². The molecule has 2 aromatic carbocycles. The number of hydrogen-bond acceptors (Lipinski definition) is 3. The molecule has 0 radical (unpaired) electrons. The van der Waals surface area contributed by atoms with Gasteiger partial charge in [0.2, 0.25) is 11.8 Å². The van der Waals surface area contributed by atoms with Crippen molar-refractivity contribution in [3.05, 3.63) is 58.6 Å². The summed E-state index contributed by atoms with van der Waals surface area (Å²) in [6, 6.07) is 10.7. The van der Waals surface area contributed by atoms with Crippen molar-refractivity contribution in [1.82, 2.24) is 4.90 Å². The molecule has 2 heterocycles. The van der Waals surface area contributed by atoms with Crippen molar-refractivity contribution in [1.29, 1.82) is 0 Å². The molecule has 2 fully saturated rings. The largest absolute Gasteiger partial charge is 0.487 e. The van der Waals surface area contributed by atoms with Crippen LogP contribution in [0.15, 0.2) is 46.9 Å². The highest BCUT2D eigenvalue weighted by molar-refractivity contribution is 9.10. The summed E-state index contributed by atoms with van der Waals surface area (Å²) in [5.74, 6) is -1.84. The average Bonchev–Trinajstić information content (AvgIpc) is 3.12. The van der Waals surface area contributed by atoms with E-state index in [-0.39, 0.29) is 36.0 Å². The fourth-order valence-corrected chi connectivity index (χ4v) is 4.48. The third kappa shape index (κ3) is 4.33. The molecule has 158 valence electrons. The number of ether oxygens (including phenoxy) is 1. The van der Waals surface area contributed by atoms with Crippen molar-refractivity contribution in [3.63, 3.8) is 0 Å². The zero-order valence-corrected chi connectivity index (χ0v) is 17.8. The monoisotopic (exact) mass is 478 g/mol. The predicted octanol–water partition coefficient (Wildman–Crippen LogP) is 4.15. The summed E-state index contributed by atoms with van der Waals surface area (Å²) in [6.45, 7) is 1.32. The Morgan fingerprint density at radius 2 is 1.83 bits per heavy atom. The van der Waals surface area contributed by atoms with Crippen LogP contribution in [-0.4, -0.2) is 42.5 Å². The lowest BCUT2D eigenvalue weighted by Crippen LogP contribution is -2.45. The number of halogens is 3. The molecule has 0 saturated carbocycles. The van der Waals surface area contributed by atoms with Gasteiger partial charge in [-0.1, -0.05) is 12.1 Å². The van der Waals surface area contributed by atoms with E-state index in [0.29, 0.717) is 32.5 Å². The Balaban J connectivity index is 1.33. The first-order chi connectivity index (χ1) is 14.4. The number of likely N-dealkylation sites (tertiary alicyclic amines) is 1. The van der Waals surface area contributed by atoms with Crippen LogP contribution in [-0.2, 0) is 9.59 Å². The second-order valence-electron chi connectivity index (χ2n) is 7.57.